The minimum atomic E-state index is -0.962. The molecule has 0 fully saturated rings. The second-order valence-electron chi connectivity index (χ2n) is 5.75. The minimum absolute atomic E-state index is 0.0491. The van der Waals surface area contributed by atoms with Gasteiger partial charge in [0.2, 0.25) is 5.88 Å². The third-order valence-corrected chi connectivity index (χ3v) is 3.35. The molecule has 0 saturated heterocycles. The third-order valence-electron chi connectivity index (χ3n) is 3.08. The zero-order valence-corrected chi connectivity index (χ0v) is 15.3. The van der Waals surface area contributed by atoms with E-state index < -0.39 is 28.9 Å². The van der Waals surface area contributed by atoms with Gasteiger partial charge < -0.3 is 14.2 Å². The predicted molar refractivity (Wildman–Crippen MR) is 92.0 cm³/mol. The fourth-order valence-corrected chi connectivity index (χ4v) is 2.13. The predicted octanol–water partition coefficient (Wildman–Crippen LogP) is 5.02. The van der Waals surface area contributed by atoms with Crippen LogP contribution in [0.3, 0.4) is 0 Å². The van der Waals surface area contributed by atoms with E-state index in [0.29, 0.717) is 12.5 Å². The van der Waals surface area contributed by atoms with Crippen LogP contribution in [0.4, 0.5) is 8.78 Å². The summed E-state index contributed by atoms with van der Waals surface area (Å²) in [6.07, 6.45) is 1.28. The molecular formula is C18H18ClF2NO4. The van der Waals surface area contributed by atoms with Gasteiger partial charge in [0.05, 0.1) is 25.0 Å². The standard InChI is InChI=1S/C18H18ClF2NO4/c1-4-24-18(23)12-6-15(21)16(7-14(12)20)26-11-5-13(19)17(22-8-11)25-9-10(2)3/h5-8,10H,4,9H2,1-3H3. The number of carbonyl (C=O) groups is 1. The van der Waals surface area contributed by atoms with Crippen LogP contribution in [-0.4, -0.2) is 24.2 Å². The minimum Gasteiger partial charge on any atom is -0.476 e. The molecule has 0 atom stereocenters. The van der Waals surface area contributed by atoms with E-state index in [1.165, 1.54) is 12.3 Å². The Kier molecular flexibility index (Phi) is 6.74. The van der Waals surface area contributed by atoms with E-state index >= 15 is 0 Å². The lowest BCUT2D eigenvalue weighted by Gasteiger charge is -2.12. The number of ether oxygens (including phenoxy) is 3. The van der Waals surface area contributed by atoms with Gasteiger partial charge in [0.1, 0.15) is 16.6 Å². The molecule has 2 rings (SSSR count). The lowest BCUT2D eigenvalue weighted by Crippen LogP contribution is -2.08. The molecule has 1 aromatic carbocycles. The second kappa shape index (κ2) is 8.80. The molecule has 5 nitrogen and oxygen atoms in total. The monoisotopic (exact) mass is 385 g/mol. The van der Waals surface area contributed by atoms with E-state index in [1.807, 2.05) is 13.8 Å². The molecule has 1 aromatic heterocycles. The first-order chi connectivity index (χ1) is 12.3. The smallest absolute Gasteiger partial charge is 0.341 e. The van der Waals surface area contributed by atoms with E-state index in [2.05, 4.69) is 9.72 Å². The summed E-state index contributed by atoms with van der Waals surface area (Å²) in [7, 11) is 0. The number of hydrogen-bond donors (Lipinski definition) is 0. The Morgan fingerprint density at radius 2 is 1.96 bits per heavy atom. The van der Waals surface area contributed by atoms with Gasteiger partial charge in [-0.05, 0) is 18.9 Å². The molecule has 0 N–H and O–H groups in total. The van der Waals surface area contributed by atoms with E-state index in [9.17, 15) is 13.6 Å². The second-order valence-corrected chi connectivity index (χ2v) is 6.16. The van der Waals surface area contributed by atoms with Gasteiger partial charge in [0, 0.05) is 12.1 Å². The molecule has 8 heteroatoms. The number of pyridine rings is 1. The highest BCUT2D eigenvalue weighted by atomic mass is 35.5. The molecule has 140 valence electrons. The van der Waals surface area contributed by atoms with Crippen LogP contribution in [0.15, 0.2) is 24.4 Å². The maximum absolute atomic E-state index is 14.1. The summed E-state index contributed by atoms with van der Waals surface area (Å²) in [5, 5.41) is 0.173. The Hall–Kier alpha value is -2.41. The molecule has 0 bridgehead atoms. The van der Waals surface area contributed by atoms with Crippen LogP contribution in [-0.2, 0) is 4.74 Å². The average Bonchev–Trinajstić information content (AvgIpc) is 2.57. The number of halogens is 3. The molecule has 0 aliphatic rings. The van der Waals surface area contributed by atoms with Crippen molar-refractivity contribution in [2.75, 3.05) is 13.2 Å². The number of hydrogen-bond acceptors (Lipinski definition) is 5. The average molecular weight is 386 g/mol. The molecule has 0 aliphatic heterocycles. The Morgan fingerprint density at radius 3 is 2.58 bits per heavy atom. The molecular weight excluding hydrogens is 368 g/mol. The molecule has 0 radical (unpaired) electrons. The lowest BCUT2D eigenvalue weighted by molar-refractivity contribution is 0.0520. The highest BCUT2D eigenvalue weighted by molar-refractivity contribution is 6.31. The van der Waals surface area contributed by atoms with Gasteiger partial charge in [0.25, 0.3) is 0 Å². The molecule has 26 heavy (non-hydrogen) atoms. The van der Waals surface area contributed by atoms with Gasteiger partial charge in [-0.2, -0.15) is 0 Å². The molecule has 0 aliphatic carbocycles. The number of carbonyl (C=O) groups excluding carboxylic acids is 1. The summed E-state index contributed by atoms with van der Waals surface area (Å²) in [5.74, 6) is -2.65. The van der Waals surface area contributed by atoms with Crippen molar-refractivity contribution >= 4 is 17.6 Å². The van der Waals surface area contributed by atoms with Crippen LogP contribution in [0.25, 0.3) is 0 Å². The van der Waals surface area contributed by atoms with Crippen LogP contribution in [0.5, 0.6) is 17.4 Å². The van der Waals surface area contributed by atoms with Gasteiger partial charge in [-0.25, -0.2) is 18.6 Å². The van der Waals surface area contributed by atoms with Gasteiger partial charge >= 0.3 is 5.97 Å². The number of rotatable bonds is 7. The number of benzene rings is 1. The first-order valence-electron chi connectivity index (χ1n) is 7.94. The van der Waals surface area contributed by atoms with Crippen molar-refractivity contribution < 1.29 is 27.8 Å². The molecule has 1 heterocycles. The molecule has 0 unspecified atom stereocenters. The fraction of sp³-hybridized carbons (Fsp3) is 0.333. The third kappa shape index (κ3) is 5.05. The highest BCUT2D eigenvalue weighted by Crippen LogP contribution is 2.31. The Bertz CT molecular complexity index is 799. The van der Waals surface area contributed by atoms with E-state index in [4.69, 9.17) is 21.1 Å². The zero-order chi connectivity index (χ0) is 19.3. The van der Waals surface area contributed by atoms with Gasteiger partial charge in [-0.3, -0.25) is 0 Å². The quantitative estimate of drug-likeness (QED) is 0.626. The summed E-state index contributed by atoms with van der Waals surface area (Å²) in [4.78, 5) is 15.6. The molecule has 0 spiro atoms. The number of nitrogens with zero attached hydrogens (tertiary/aromatic N) is 1. The topological polar surface area (TPSA) is 57.7 Å². The van der Waals surface area contributed by atoms with Crippen LogP contribution in [0.2, 0.25) is 5.02 Å². The van der Waals surface area contributed by atoms with Crippen LogP contribution < -0.4 is 9.47 Å². The van der Waals surface area contributed by atoms with Crippen LogP contribution >= 0.6 is 11.6 Å². The van der Waals surface area contributed by atoms with Crippen LogP contribution in [0, 0.1) is 17.6 Å². The van der Waals surface area contributed by atoms with Crippen LogP contribution in [0.1, 0.15) is 31.1 Å². The number of aromatic nitrogens is 1. The van der Waals surface area contributed by atoms with E-state index in [-0.39, 0.29) is 23.3 Å². The van der Waals surface area contributed by atoms with Crippen molar-refractivity contribution in [1.82, 2.24) is 4.98 Å². The van der Waals surface area contributed by atoms with Crippen molar-refractivity contribution in [2.24, 2.45) is 5.92 Å². The normalized spacial score (nSPS) is 10.7. The van der Waals surface area contributed by atoms with Crippen molar-refractivity contribution in [1.29, 1.82) is 0 Å². The van der Waals surface area contributed by atoms with Crippen molar-refractivity contribution in [3.63, 3.8) is 0 Å². The van der Waals surface area contributed by atoms with E-state index in [0.717, 1.165) is 12.1 Å². The summed E-state index contributed by atoms with van der Waals surface area (Å²) in [5.41, 5.74) is -0.509. The maximum atomic E-state index is 14.1. The Labute approximate surface area is 154 Å². The first-order valence-corrected chi connectivity index (χ1v) is 8.32. The van der Waals surface area contributed by atoms with Gasteiger partial charge in [0.15, 0.2) is 11.6 Å². The SMILES string of the molecule is CCOC(=O)c1cc(F)c(Oc2cnc(OCC(C)C)c(Cl)c2)cc1F. The van der Waals surface area contributed by atoms with Crippen molar-refractivity contribution in [3.05, 3.63) is 46.6 Å². The lowest BCUT2D eigenvalue weighted by atomic mass is 10.2. The molecule has 0 saturated carbocycles. The van der Waals surface area contributed by atoms with E-state index in [1.54, 1.807) is 6.92 Å². The van der Waals surface area contributed by atoms with Gasteiger partial charge in [-0.15, -0.1) is 0 Å². The maximum Gasteiger partial charge on any atom is 0.341 e. The number of esters is 1. The Morgan fingerprint density at radius 1 is 1.23 bits per heavy atom. The van der Waals surface area contributed by atoms with Crippen molar-refractivity contribution in [3.8, 4) is 17.4 Å². The summed E-state index contributed by atoms with van der Waals surface area (Å²) < 4.78 is 43.5. The summed E-state index contributed by atoms with van der Waals surface area (Å²) in [6, 6.07) is 2.86. The molecule has 0 amide bonds. The summed E-state index contributed by atoms with van der Waals surface area (Å²) >= 11 is 6.06. The summed E-state index contributed by atoms with van der Waals surface area (Å²) in [6.45, 7) is 6.00. The zero-order valence-electron chi connectivity index (χ0n) is 14.5. The van der Waals surface area contributed by atoms with Gasteiger partial charge in [-0.1, -0.05) is 25.4 Å². The largest absolute Gasteiger partial charge is 0.476 e. The Balaban J connectivity index is 2.19. The van der Waals surface area contributed by atoms with Crippen molar-refractivity contribution in [2.45, 2.75) is 20.8 Å². The first kappa shape index (κ1) is 19.9. The molecule has 2 aromatic rings. The highest BCUT2D eigenvalue weighted by Gasteiger charge is 2.19. The fourth-order valence-electron chi connectivity index (χ4n) is 1.91.